The topological polar surface area (TPSA) is 110 Å². The van der Waals surface area contributed by atoms with Crippen molar-refractivity contribution in [1.29, 1.82) is 0 Å². The van der Waals surface area contributed by atoms with Gasteiger partial charge in [-0.15, -0.1) is 16.3 Å². The summed E-state index contributed by atoms with van der Waals surface area (Å²) in [6.45, 7) is 2.32. The van der Waals surface area contributed by atoms with E-state index in [-0.39, 0.29) is 16.4 Å². The standard InChI is InChI=1S/C27H20ClF3N6O3S/c28-18-7-3-16(4-8-18)20-13-19(15-1-5-17(6-2-15)27(29,30)31)22-23(32)24(41-26(22)33-20)25(38)34-21-14-37(35-40-21)36-9-11-39-12-10-36/h1-8,13-14H,9-12H2,(H2-,32,34,35,38)/p+1. The highest BCUT2D eigenvalue weighted by molar-refractivity contribution is 7.21. The Bertz CT molecular complexity index is 1730. The molecule has 3 N–H and O–H groups in total. The minimum absolute atomic E-state index is 0.108. The molecule has 0 unspecified atom stereocenters. The molecule has 0 atom stereocenters. The lowest BCUT2D eigenvalue weighted by molar-refractivity contribution is -0.759. The molecule has 4 heterocycles. The number of nitrogens with two attached hydrogens (primary N) is 1. The number of pyridine rings is 1. The molecular weight excluding hydrogens is 581 g/mol. The molecule has 0 saturated carbocycles. The molecular formula is C27H21ClF3N6O3S+. The molecule has 1 fully saturated rings. The number of hydrogen-bond acceptors (Lipinski definition) is 8. The van der Waals surface area contributed by atoms with Gasteiger partial charge in [-0.1, -0.05) is 35.9 Å². The number of nitrogen functional groups attached to an aromatic ring is 1. The van der Waals surface area contributed by atoms with Crippen LogP contribution in [0, 0.1) is 0 Å². The van der Waals surface area contributed by atoms with Crippen LogP contribution in [0.25, 0.3) is 32.6 Å². The molecule has 5 aromatic rings. The quantitative estimate of drug-likeness (QED) is 0.260. The SMILES string of the molecule is Nc1c(C(=O)Nc2c[n+](N3CCOCC3)no2)sc2nc(-c3ccc(Cl)cc3)cc(-c3ccc(C(F)(F)F)cc3)c12. The van der Waals surface area contributed by atoms with Gasteiger partial charge < -0.3 is 10.5 Å². The lowest BCUT2D eigenvalue weighted by Crippen LogP contribution is -2.62. The molecule has 3 aromatic heterocycles. The second kappa shape index (κ2) is 10.7. The lowest BCUT2D eigenvalue weighted by atomic mass is 9.98. The number of halogens is 4. The molecule has 1 amide bonds. The van der Waals surface area contributed by atoms with Crippen molar-refractivity contribution in [2.75, 3.05) is 42.4 Å². The van der Waals surface area contributed by atoms with E-state index >= 15 is 0 Å². The molecule has 9 nitrogen and oxygen atoms in total. The van der Waals surface area contributed by atoms with Gasteiger partial charge in [0.05, 0.1) is 48.0 Å². The van der Waals surface area contributed by atoms with Crippen LogP contribution >= 0.6 is 22.9 Å². The van der Waals surface area contributed by atoms with Gasteiger partial charge in [-0.25, -0.2) is 4.98 Å². The van der Waals surface area contributed by atoms with Crippen LogP contribution in [0.2, 0.25) is 5.02 Å². The van der Waals surface area contributed by atoms with E-state index in [0.29, 0.717) is 58.4 Å². The fourth-order valence-electron chi connectivity index (χ4n) is 4.48. The summed E-state index contributed by atoms with van der Waals surface area (Å²) in [5.41, 5.74) is 8.17. The van der Waals surface area contributed by atoms with Crippen molar-refractivity contribution in [2.45, 2.75) is 6.18 Å². The number of aromatic nitrogens is 3. The second-order valence-corrected chi connectivity index (χ2v) is 10.6. The van der Waals surface area contributed by atoms with Gasteiger partial charge in [0.15, 0.2) is 0 Å². The van der Waals surface area contributed by atoms with Crippen molar-refractivity contribution < 1.29 is 32.0 Å². The number of thiophene rings is 1. The summed E-state index contributed by atoms with van der Waals surface area (Å²) in [6.07, 6.45) is -2.94. The zero-order valence-corrected chi connectivity index (χ0v) is 22.7. The fourth-order valence-corrected chi connectivity index (χ4v) is 5.62. The number of ether oxygens (including phenoxy) is 1. The van der Waals surface area contributed by atoms with Gasteiger partial charge in [0.25, 0.3) is 12.1 Å². The predicted molar refractivity (Wildman–Crippen MR) is 148 cm³/mol. The molecule has 14 heteroatoms. The first kappa shape index (κ1) is 27.0. The first-order chi connectivity index (χ1) is 19.7. The Morgan fingerprint density at radius 1 is 1.07 bits per heavy atom. The summed E-state index contributed by atoms with van der Waals surface area (Å²) in [7, 11) is 0. The monoisotopic (exact) mass is 601 g/mol. The Morgan fingerprint density at radius 2 is 1.76 bits per heavy atom. The van der Waals surface area contributed by atoms with Crippen molar-refractivity contribution in [3.05, 3.63) is 76.3 Å². The molecule has 41 heavy (non-hydrogen) atoms. The van der Waals surface area contributed by atoms with Crippen molar-refractivity contribution >= 4 is 50.6 Å². The Balaban J connectivity index is 1.40. The van der Waals surface area contributed by atoms with Gasteiger partial charge in [0, 0.05) is 16.0 Å². The summed E-state index contributed by atoms with van der Waals surface area (Å²) >= 11 is 7.12. The molecule has 1 aliphatic heterocycles. The van der Waals surface area contributed by atoms with Gasteiger partial charge in [-0.05, 0) is 41.5 Å². The third kappa shape index (κ3) is 5.43. The first-order valence-electron chi connectivity index (χ1n) is 12.4. The number of carbonyl (C=O) groups is 1. The zero-order chi connectivity index (χ0) is 28.7. The van der Waals surface area contributed by atoms with Gasteiger partial charge >= 0.3 is 12.1 Å². The molecule has 0 bridgehead atoms. The average Bonchev–Trinajstić information content (AvgIpc) is 3.57. The number of nitrogens with one attached hydrogen (secondary N) is 1. The van der Waals surface area contributed by atoms with E-state index < -0.39 is 17.6 Å². The van der Waals surface area contributed by atoms with Crippen molar-refractivity contribution in [2.24, 2.45) is 0 Å². The maximum atomic E-state index is 13.3. The Kier molecular flexibility index (Phi) is 7.01. The highest BCUT2D eigenvalue weighted by Gasteiger charge is 2.31. The number of nitrogens with zero attached hydrogens (tertiary/aromatic N) is 4. The Labute approximate surface area is 239 Å². The van der Waals surface area contributed by atoms with E-state index in [0.717, 1.165) is 29.0 Å². The van der Waals surface area contributed by atoms with Crippen LogP contribution in [0.15, 0.2) is 65.3 Å². The van der Waals surface area contributed by atoms with Crippen molar-refractivity contribution in [1.82, 2.24) is 10.3 Å². The summed E-state index contributed by atoms with van der Waals surface area (Å²) in [5.74, 6) is -0.432. The fraction of sp³-hybridized carbons (Fsp3) is 0.185. The highest BCUT2D eigenvalue weighted by atomic mass is 35.5. The first-order valence-corrected chi connectivity index (χ1v) is 13.6. The van der Waals surface area contributed by atoms with E-state index in [1.165, 1.54) is 23.1 Å². The van der Waals surface area contributed by atoms with E-state index in [4.69, 9.17) is 31.6 Å². The van der Waals surface area contributed by atoms with Crippen LogP contribution in [-0.2, 0) is 10.9 Å². The van der Waals surface area contributed by atoms with Crippen LogP contribution in [0.5, 0.6) is 0 Å². The predicted octanol–water partition coefficient (Wildman–Crippen LogP) is 5.38. The minimum atomic E-state index is -4.48. The molecule has 6 rings (SSSR count). The number of benzene rings is 2. The van der Waals surface area contributed by atoms with Crippen LogP contribution in [-0.4, -0.2) is 42.5 Å². The summed E-state index contributed by atoms with van der Waals surface area (Å²) in [6, 6.07) is 13.5. The van der Waals surface area contributed by atoms with E-state index in [1.807, 2.05) is 5.01 Å². The maximum Gasteiger partial charge on any atom is 0.416 e. The number of morpholine rings is 1. The Hall–Kier alpha value is -4.20. The number of carbonyl (C=O) groups excluding carboxylic acids is 1. The van der Waals surface area contributed by atoms with E-state index in [9.17, 15) is 18.0 Å². The molecule has 0 spiro atoms. The van der Waals surface area contributed by atoms with Gasteiger partial charge in [0.1, 0.15) is 9.71 Å². The third-order valence-electron chi connectivity index (χ3n) is 6.54. The molecule has 210 valence electrons. The smallest absolute Gasteiger partial charge is 0.397 e. The van der Waals surface area contributed by atoms with Gasteiger partial charge in [-0.3, -0.25) is 14.6 Å². The minimum Gasteiger partial charge on any atom is -0.397 e. The van der Waals surface area contributed by atoms with E-state index in [2.05, 4.69) is 10.6 Å². The molecule has 0 aliphatic carbocycles. The van der Waals surface area contributed by atoms with E-state index in [1.54, 1.807) is 30.3 Å². The van der Waals surface area contributed by atoms with Crippen LogP contribution < -0.4 is 20.9 Å². The molecule has 1 saturated heterocycles. The van der Waals surface area contributed by atoms with Crippen LogP contribution in [0.3, 0.4) is 0 Å². The largest absolute Gasteiger partial charge is 0.416 e. The maximum absolute atomic E-state index is 13.3. The van der Waals surface area contributed by atoms with Crippen LogP contribution in [0.4, 0.5) is 24.7 Å². The number of amides is 1. The number of hydrogen-bond donors (Lipinski definition) is 2. The zero-order valence-electron chi connectivity index (χ0n) is 21.1. The average molecular weight is 602 g/mol. The molecule has 0 radical (unpaired) electrons. The molecule has 2 aromatic carbocycles. The summed E-state index contributed by atoms with van der Waals surface area (Å²) < 4.78 is 50.3. The van der Waals surface area contributed by atoms with Crippen molar-refractivity contribution in [3.8, 4) is 22.4 Å². The van der Waals surface area contributed by atoms with Gasteiger partial charge in [0.2, 0.25) is 5.27 Å². The lowest BCUT2D eigenvalue weighted by Gasteiger charge is -2.18. The number of rotatable bonds is 5. The normalized spacial score (nSPS) is 14.0. The Morgan fingerprint density at radius 3 is 2.44 bits per heavy atom. The number of anilines is 2. The number of fused-ring (bicyclic) bond motifs is 1. The van der Waals surface area contributed by atoms with Crippen molar-refractivity contribution in [3.63, 3.8) is 0 Å². The third-order valence-corrected chi connectivity index (χ3v) is 7.89. The summed E-state index contributed by atoms with van der Waals surface area (Å²) in [4.78, 5) is 20.1. The highest BCUT2D eigenvalue weighted by Crippen LogP contribution is 2.42. The van der Waals surface area contributed by atoms with Gasteiger partial charge in [-0.2, -0.15) is 13.2 Å². The number of alkyl halides is 3. The second-order valence-electron chi connectivity index (χ2n) is 9.17. The van der Waals surface area contributed by atoms with Crippen LogP contribution in [0.1, 0.15) is 15.2 Å². The summed E-state index contributed by atoms with van der Waals surface area (Å²) in [5, 5.41) is 9.52. The molecule has 1 aliphatic rings.